The summed E-state index contributed by atoms with van der Waals surface area (Å²) in [7, 11) is -3.87. The zero-order valence-electron chi connectivity index (χ0n) is 14.1. The molecule has 3 N–H and O–H groups in total. The van der Waals surface area contributed by atoms with Crippen LogP contribution in [0, 0.1) is 6.92 Å². The lowest BCUT2D eigenvalue weighted by molar-refractivity contribution is 0.102. The first-order valence-electron chi connectivity index (χ1n) is 7.93. The van der Waals surface area contributed by atoms with Crippen LogP contribution in [0.25, 0.3) is 0 Å². The van der Waals surface area contributed by atoms with Crippen LogP contribution in [0.4, 0.5) is 5.13 Å². The van der Waals surface area contributed by atoms with Crippen molar-refractivity contribution in [3.8, 4) is 0 Å². The number of sulfonamides is 1. The number of carbonyl (C=O) groups is 1. The van der Waals surface area contributed by atoms with Crippen LogP contribution in [0.1, 0.15) is 33.4 Å². The summed E-state index contributed by atoms with van der Waals surface area (Å²) in [5.74, 6) is -0.400. The maximum atomic E-state index is 12.4. The van der Waals surface area contributed by atoms with Gasteiger partial charge in [0.25, 0.3) is 5.91 Å². The van der Waals surface area contributed by atoms with Crippen LogP contribution >= 0.6 is 11.3 Å². The molecule has 0 unspecified atom stereocenters. The van der Waals surface area contributed by atoms with Crippen LogP contribution < -0.4 is 10.5 Å². The van der Waals surface area contributed by atoms with E-state index >= 15 is 0 Å². The van der Waals surface area contributed by atoms with Crippen LogP contribution in [0.5, 0.6) is 0 Å². The average Bonchev–Trinajstić information content (AvgIpc) is 2.95. The van der Waals surface area contributed by atoms with E-state index in [-0.39, 0.29) is 10.5 Å². The summed E-state index contributed by atoms with van der Waals surface area (Å²) < 4.78 is 23.2. The molecule has 0 spiro atoms. The van der Waals surface area contributed by atoms with E-state index in [2.05, 4.69) is 22.1 Å². The number of thiazole rings is 1. The lowest BCUT2D eigenvalue weighted by atomic mass is 10.1. The number of amides is 1. The monoisotopic (exact) mass is 380 g/mol. The number of anilines is 1. The lowest BCUT2D eigenvalue weighted by Crippen LogP contribution is -2.29. The van der Waals surface area contributed by atoms with E-state index in [0.29, 0.717) is 10.7 Å². The van der Waals surface area contributed by atoms with Crippen LogP contribution in [-0.4, -0.2) is 37.3 Å². The first kappa shape index (κ1) is 18.0. The molecular formula is C16H20N4O3S2. The van der Waals surface area contributed by atoms with Crippen molar-refractivity contribution in [3.05, 3.63) is 39.9 Å². The number of aryl methyl sites for hydroxylation is 1. The number of nitrogens with zero attached hydrogens (tertiary/aromatic N) is 2. The number of rotatable bonds is 4. The van der Waals surface area contributed by atoms with Gasteiger partial charge in [-0.15, -0.1) is 11.3 Å². The molecule has 2 heterocycles. The van der Waals surface area contributed by atoms with Crippen molar-refractivity contribution in [2.45, 2.75) is 31.7 Å². The molecule has 0 aliphatic carbocycles. The van der Waals surface area contributed by atoms with Crippen LogP contribution in [0.15, 0.2) is 23.1 Å². The molecule has 25 heavy (non-hydrogen) atoms. The van der Waals surface area contributed by atoms with E-state index in [1.165, 1.54) is 17.4 Å². The summed E-state index contributed by atoms with van der Waals surface area (Å²) >= 11 is 1.46. The summed E-state index contributed by atoms with van der Waals surface area (Å²) in [6.45, 7) is 6.56. The molecule has 0 saturated heterocycles. The third-order valence-corrected chi connectivity index (χ3v) is 6.29. The van der Waals surface area contributed by atoms with Gasteiger partial charge in [0, 0.05) is 30.0 Å². The average molecular weight is 380 g/mol. The fourth-order valence-corrected chi connectivity index (χ4v) is 4.64. The van der Waals surface area contributed by atoms with Crippen molar-refractivity contribution >= 4 is 32.4 Å². The van der Waals surface area contributed by atoms with Gasteiger partial charge in [-0.3, -0.25) is 15.0 Å². The number of primary sulfonamides is 1. The maximum Gasteiger partial charge on any atom is 0.257 e. The van der Waals surface area contributed by atoms with Gasteiger partial charge in [0.05, 0.1) is 10.6 Å². The first-order valence-corrected chi connectivity index (χ1v) is 10.3. The standard InChI is InChI=1S/C16H20N4O3S2/c1-3-20-7-6-12-13(9-20)24-16(18-12)19-15(21)11-5-4-10(2)14(8-11)25(17,22)23/h4-5,8H,3,6-7,9H2,1-2H3,(H2,17,22,23)(H,18,19,21). The van der Waals surface area contributed by atoms with Crippen LogP contribution in [-0.2, 0) is 23.0 Å². The Morgan fingerprint density at radius 2 is 2.20 bits per heavy atom. The third-order valence-electron chi connectivity index (χ3n) is 4.23. The fourth-order valence-electron chi connectivity index (χ4n) is 2.79. The normalized spacial score (nSPS) is 15.0. The molecule has 0 radical (unpaired) electrons. The summed E-state index contributed by atoms with van der Waals surface area (Å²) in [6, 6.07) is 4.44. The molecule has 1 aromatic heterocycles. The molecule has 0 atom stereocenters. The van der Waals surface area contributed by atoms with Gasteiger partial charge in [-0.2, -0.15) is 0 Å². The number of hydrogen-bond donors (Lipinski definition) is 2. The second kappa shape index (κ2) is 6.83. The van der Waals surface area contributed by atoms with Crippen molar-refractivity contribution in [3.63, 3.8) is 0 Å². The van der Waals surface area contributed by atoms with E-state index in [4.69, 9.17) is 5.14 Å². The van der Waals surface area contributed by atoms with Gasteiger partial charge in [-0.25, -0.2) is 18.5 Å². The molecule has 0 saturated carbocycles. The van der Waals surface area contributed by atoms with E-state index in [0.717, 1.165) is 36.6 Å². The number of hydrogen-bond acceptors (Lipinski definition) is 6. The highest BCUT2D eigenvalue weighted by Crippen LogP contribution is 2.28. The highest BCUT2D eigenvalue weighted by atomic mass is 32.2. The minimum absolute atomic E-state index is 0.0443. The number of likely N-dealkylation sites (N-methyl/N-ethyl adjacent to an activating group) is 1. The predicted octanol–water partition coefficient (Wildman–Crippen LogP) is 1.73. The van der Waals surface area contributed by atoms with Crippen molar-refractivity contribution < 1.29 is 13.2 Å². The molecule has 0 fully saturated rings. The number of fused-ring (bicyclic) bond motifs is 1. The second-order valence-corrected chi connectivity index (χ2v) is 8.60. The molecule has 7 nitrogen and oxygen atoms in total. The highest BCUT2D eigenvalue weighted by Gasteiger charge is 2.21. The molecule has 1 amide bonds. The Bertz CT molecular complexity index is 921. The van der Waals surface area contributed by atoms with Crippen molar-refractivity contribution in [2.24, 2.45) is 5.14 Å². The second-order valence-electron chi connectivity index (χ2n) is 5.99. The van der Waals surface area contributed by atoms with Crippen molar-refractivity contribution in [2.75, 3.05) is 18.4 Å². The van der Waals surface area contributed by atoms with Crippen molar-refractivity contribution in [1.82, 2.24) is 9.88 Å². The van der Waals surface area contributed by atoms with E-state index in [1.807, 2.05) is 0 Å². The molecule has 1 aromatic carbocycles. The molecular weight excluding hydrogens is 360 g/mol. The van der Waals surface area contributed by atoms with Gasteiger partial charge < -0.3 is 0 Å². The fraction of sp³-hybridized carbons (Fsp3) is 0.375. The number of carbonyl (C=O) groups excluding carboxylic acids is 1. The lowest BCUT2D eigenvalue weighted by Gasteiger charge is -2.23. The number of aromatic nitrogens is 1. The van der Waals surface area contributed by atoms with Gasteiger partial charge >= 0.3 is 0 Å². The Morgan fingerprint density at radius 3 is 2.88 bits per heavy atom. The smallest absolute Gasteiger partial charge is 0.257 e. The summed E-state index contributed by atoms with van der Waals surface area (Å²) in [5.41, 5.74) is 1.76. The SMILES string of the molecule is CCN1CCc2nc(NC(=O)c3ccc(C)c(S(N)(=O)=O)c3)sc2C1. The largest absolute Gasteiger partial charge is 0.298 e. The number of nitrogens with two attached hydrogens (primary N) is 1. The van der Waals surface area contributed by atoms with Crippen molar-refractivity contribution in [1.29, 1.82) is 0 Å². The zero-order valence-corrected chi connectivity index (χ0v) is 15.7. The third kappa shape index (κ3) is 3.90. The Morgan fingerprint density at radius 1 is 1.44 bits per heavy atom. The Kier molecular flexibility index (Phi) is 4.92. The molecule has 2 aromatic rings. The molecule has 134 valence electrons. The zero-order chi connectivity index (χ0) is 18.2. The minimum atomic E-state index is -3.87. The van der Waals surface area contributed by atoms with Gasteiger partial charge in [0.2, 0.25) is 10.0 Å². The van der Waals surface area contributed by atoms with Crippen LogP contribution in [0.3, 0.4) is 0 Å². The number of benzene rings is 1. The summed E-state index contributed by atoms with van der Waals surface area (Å²) in [4.78, 5) is 20.4. The van der Waals surface area contributed by atoms with Gasteiger partial charge in [0.15, 0.2) is 5.13 Å². The molecule has 1 aliphatic rings. The Hall–Kier alpha value is -1.81. The van der Waals surface area contributed by atoms with Gasteiger partial charge in [0.1, 0.15) is 0 Å². The highest BCUT2D eigenvalue weighted by molar-refractivity contribution is 7.89. The summed E-state index contributed by atoms with van der Waals surface area (Å²) in [6.07, 6.45) is 0.871. The predicted molar refractivity (Wildman–Crippen MR) is 97.3 cm³/mol. The van der Waals surface area contributed by atoms with Crippen LogP contribution in [0.2, 0.25) is 0 Å². The minimum Gasteiger partial charge on any atom is -0.298 e. The van der Waals surface area contributed by atoms with E-state index < -0.39 is 15.9 Å². The molecule has 1 aliphatic heterocycles. The summed E-state index contributed by atoms with van der Waals surface area (Å²) in [5, 5.41) is 8.49. The van der Waals surface area contributed by atoms with Gasteiger partial charge in [-0.05, 0) is 31.2 Å². The first-order chi connectivity index (χ1) is 11.8. The maximum absolute atomic E-state index is 12.4. The van der Waals surface area contributed by atoms with E-state index in [9.17, 15) is 13.2 Å². The van der Waals surface area contributed by atoms with E-state index in [1.54, 1.807) is 19.1 Å². The molecule has 0 bridgehead atoms. The quantitative estimate of drug-likeness (QED) is 0.840. The topological polar surface area (TPSA) is 105 Å². The Balaban J connectivity index is 1.81. The number of nitrogens with one attached hydrogen (secondary N) is 1. The Labute approximate surface area is 150 Å². The van der Waals surface area contributed by atoms with Gasteiger partial charge in [-0.1, -0.05) is 13.0 Å². The molecule has 3 rings (SSSR count). The molecule has 9 heteroatoms.